The number of aromatic nitrogens is 7. The normalized spacial score (nSPS) is 18.1. The maximum atomic E-state index is 15.9. The van der Waals surface area contributed by atoms with E-state index in [0.29, 0.717) is 108 Å². The molecule has 3 aromatic carbocycles. The van der Waals surface area contributed by atoms with Crippen molar-refractivity contribution in [1.29, 1.82) is 0 Å². The Morgan fingerprint density at radius 1 is 0.762 bits per heavy atom. The zero-order valence-electron chi connectivity index (χ0n) is 44.9. The maximum absolute atomic E-state index is 15.9. The Morgan fingerprint density at radius 2 is 1.54 bits per heavy atom. The molecule has 80 heavy (non-hydrogen) atoms. The molecule has 3 saturated heterocycles. The quantitative estimate of drug-likeness (QED) is 0.118. The molecule has 0 atom stereocenters. The van der Waals surface area contributed by atoms with Crippen LogP contribution in [0.1, 0.15) is 93.5 Å². The Balaban J connectivity index is 0.669. The molecule has 3 N–H and O–H groups in total. The van der Waals surface area contributed by atoms with Gasteiger partial charge in [0.05, 0.1) is 39.8 Å². The van der Waals surface area contributed by atoms with E-state index in [1.165, 1.54) is 29.0 Å². The van der Waals surface area contributed by atoms with E-state index in [0.717, 1.165) is 74.0 Å². The lowest BCUT2D eigenvalue weighted by atomic mass is 9.91. The number of carbonyl (C=O) groups excluding carboxylic acids is 4. The van der Waals surface area contributed by atoms with E-state index in [1.807, 2.05) is 53.6 Å². The molecule has 0 bridgehead atoms. The van der Waals surface area contributed by atoms with Gasteiger partial charge in [-0.1, -0.05) is 19.9 Å². The third-order valence-corrected chi connectivity index (χ3v) is 17.5. The number of phenolic OH excluding ortho intramolecular Hbond substituents is 2. The number of H-pyrrole nitrogens is 1. The summed E-state index contributed by atoms with van der Waals surface area (Å²) < 4.78 is 23.2. The van der Waals surface area contributed by atoms with Crippen LogP contribution >= 0.6 is 0 Å². The van der Waals surface area contributed by atoms with Gasteiger partial charge in [-0.05, 0) is 142 Å². The molecule has 3 fully saturated rings. The molecule has 19 nitrogen and oxygen atoms in total. The second-order valence-electron chi connectivity index (χ2n) is 22.5. The van der Waals surface area contributed by atoms with Gasteiger partial charge in [0.15, 0.2) is 5.82 Å². The molecule has 6 amide bonds. The number of urea groups is 2. The van der Waals surface area contributed by atoms with E-state index >= 15 is 9.18 Å². The van der Waals surface area contributed by atoms with Crippen LogP contribution in [0.15, 0.2) is 96.3 Å². The molecule has 5 aromatic heterocycles. The van der Waals surface area contributed by atoms with Crippen LogP contribution in [0.5, 0.6) is 11.5 Å². The van der Waals surface area contributed by atoms with Gasteiger partial charge < -0.3 is 38.9 Å². The summed E-state index contributed by atoms with van der Waals surface area (Å²) in [5.41, 5.74) is 4.72. The molecule has 412 valence electrons. The van der Waals surface area contributed by atoms with E-state index in [9.17, 15) is 29.4 Å². The number of pyridine rings is 1. The lowest BCUT2D eigenvalue weighted by molar-refractivity contribution is -0.133. The number of rotatable bonds is 9. The topological polar surface area (TPSA) is 203 Å². The lowest BCUT2D eigenvalue weighted by Gasteiger charge is -2.42. The minimum atomic E-state index is -0.764. The molecule has 0 unspecified atom stereocenters. The Hall–Kier alpha value is -8.52. The first-order chi connectivity index (χ1) is 38.8. The predicted octanol–water partition coefficient (Wildman–Crippen LogP) is 8.55. The second-order valence-corrected chi connectivity index (χ2v) is 22.5. The number of carbonyl (C=O) groups is 4. The number of hydrogen-bond donors (Lipinski definition) is 3. The molecule has 5 aliphatic rings. The molecule has 0 radical (unpaired) electrons. The fourth-order valence-corrected chi connectivity index (χ4v) is 13.2. The van der Waals surface area contributed by atoms with Gasteiger partial charge in [0.2, 0.25) is 0 Å². The molecule has 13 rings (SSSR count). The van der Waals surface area contributed by atoms with Gasteiger partial charge >= 0.3 is 17.8 Å². The van der Waals surface area contributed by atoms with Crippen molar-refractivity contribution in [1.82, 2.24) is 57.8 Å². The van der Waals surface area contributed by atoms with E-state index in [4.69, 9.17) is 0 Å². The van der Waals surface area contributed by atoms with Crippen molar-refractivity contribution in [3.05, 3.63) is 130 Å². The summed E-state index contributed by atoms with van der Waals surface area (Å²) >= 11 is 0. The predicted molar refractivity (Wildman–Crippen MR) is 298 cm³/mol. The summed E-state index contributed by atoms with van der Waals surface area (Å²) in [6.07, 6.45) is 14.6. The number of benzene rings is 3. The standard InChI is InChI=1S/C60H63FN12O7/c1-36(2)43-31-45(50(75)32-49(43)74)55-63-64-58(78)72(55)42-9-10-47-38(29-42)14-23-66(47)22-13-37-11-20-65(21-12-37)41-15-24-68(25-16-41)60(80)73-56(76)52(53(57(73)77)48-33-62-51-8-4-7-19-71(48)51)46-35-69-26-27-70(59(79)67-17-5-3-6-18-67)34-39-28-40(61)30-44(46)54(39)69/h4,7-10,14,19,23,28-33,35-37,41,74-75H,3,5-6,11-13,15-18,20-22,24-27,34H2,1-2H3,(H,64,78). The van der Waals surface area contributed by atoms with Crippen molar-refractivity contribution in [2.45, 2.75) is 96.8 Å². The molecular formula is C60H63FN12O7. The number of aromatic amines is 1. The molecule has 20 heteroatoms. The van der Waals surface area contributed by atoms with Crippen molar-refractivity contribution >= 4 is 62.5 Å². The summed E-state index contributed by atoms with van der Waals surface area (Å²) in [4.78, 5) is 84.6. The maximum Gasteiger partial charge on any atom is 0.348 e. The van der Waals surface area contributed by atoms with Crippen molar-refractivity contribution in [2.75, 3.05) is 45.8 Å². The second kappa shape index (κ2) is 20.3. The van der Waals surface area contributed by atoms with Crippen molar-refractivity contribution in [3.8, 4) is 28.6 Å². The molecule has 0 saturated carbocycles. The van der Waals surface area contributed by atoms with Crippen LogP contribution in [-0.2, 0) is 29.2 Å². The number of aromatic hydroxyl groups is 2. The van der Waals surface area contributed by atoms with Crippen LogP contribution in [0, 0.1) is 11.7 Å². The zero-order chi connectivity index (χ0) is 55.1. The first-order valence-electron chi connectivity index (χ1n) is 28.1. The highest BCUT2D eigenvalue weighted by Gasteiger charge is 2.47. The van der Waals surface area contributed by atoms with E-state index in [-0.39, 0.29) is 53.0 Å². The van der Waals surface area contributed by atoms with Gasteiger partial charge in [0.25, 0.3) is 11.8 Å². The summed E-state index contributed by atoms with van der Waals surface area (Å²) in [6, 6.07) is 18.6. The lowest BCUT2D eigenvalue weighted by Crippen LogP contribution is -2.53. The van der Waals surface area contributed by atoms with Gasteiger partial charge in [-0.25, -0.2) is 33.4 Å². The van der Waals surface area contributed by atoms with Crippen molar-refractivity contribution in [2.24, 2.45) is 5.92 Å². The fourth-order valence-electron chi connectivity index (χ4n) is 13.2. The Labute approximate surface area is 459 Å². The highest BCUT2D eigenvalue weighted by Crippen LogP contribution is 2.43. The molecule has 8 aromatic rings. The van der Waals surface area contributed by atoms with Crippen LogP contribution < -0.4 is 5.69 Å². The average molecular weight is 1080 g/mol. The van der Waals surface area contributed by atoms with Crippen molar-refractivity contribution < 1.29 is 33.8 Å². The van der Waals surface area contributed by atoms with Gasteiger partial charge in [-0.15, -0.1) is 0 Å². The molecule has 0 aliphatic carbocycles. The molecule has 10 heterocycles. The number of phenols is 2. The highest BCUT2D eigenvalue weighted by atomic mass is 19.1. The van der Waals surface area contributed by atoms with Crippen molar-refractivity contribution in [3.63, 3.8) is 0 Å². The van der Waals surface area contributed by atoms with E-state index < -0.39 is 29.4 Å². The van der Waals surface area contributed by atoms with Crippen LogP contribution in [0.25, 0.3) is 55.7 Å². The van der Waals surface area contributed by atoms with Crippen LogP contribution in [0.3, 0.4) is 0 Å². The van der Waals surface area contributed by atoms with Gasteiger partial charge in [-0.3, -0.25) is 14.0 Å². The number of aryl methyl sites for hydroxylation is 1. The number of nitrogens with one attached hydrogen (secondary N) is 1. The number of likely N-dealkylation sites (tertiary alicyclic amines) is 3. The summed E-state index contributed by atoms with van der Waals surface area (Å²) in [5, 5.41) is 29.4. The molecule has 0 spiro atoms. The number of piperidine rings is 3. The number of imide groups is 3. The number of nitrogens with zero attached hydrogens (tertiary/aromatic N) is 11. The average Bonchev–Trinajstić information content (AvgIpc) is 4.30. The summed E-state index contributed by atoms with van der Waals surface area (Å²) in [5.74, 6) is -1.51. The monoisotopic (exact) mass is 1080 g/mol. The number of fused-ring (bicyclic) bond motifs is 2. The van der Waals surface area contributed by atoms with Gasteiger partial charge in [0.1, 0.15) is 23.0 Å². The zero-order valence-corrected chi connectivity index (χ0v) is 44.9. The number of imidazole rings is 1. The van der Waals surface area contributed by atoms with Gasteiger partial charge in [-0.2, -0.15) is 10.00 Å². The first-order valence-corrected chi connectivity index (χ1v) is 28.1. The minimum Gasteiger partial charge on any atom is -0.508 e. The minimum absolute atomic E-state index is 0.0142. The van der Waals surface area contributed by atoms with E-state index in [2.05, 4.69) is 30.8 Å². The number of halogens is 1. The van der Waals surface area contributed by atoms with Crippen LogP contribution in [0.4, 0.5) is 14.0 Å². The van der Waals surface area contributed by atoms with Gasteiger partial charge in [0, 0.05) is 105 Å². The smallest absolute Gasteiger partial charge is 0.348 e. The third kappa shape index (κ3) is 8.79. The Morgan fingerprint density at radius 3 is 2.33 bits per heavy atom. The largest absolute Gasteiger partial charge is 0.508 e. The fraction of sp³-hybridized carbons (Fsp3) is 0.383. The summed E-state index contributed by atoms with van der Waals surface area (Å²) in [7, 11) is 0. The first kappa shape index (κ1) is 51.0. The van der Waals surface area contributed by atoms with Crippen LogP contribution in [-0.4, -0.2) is 144 Å². The molecule has 5 aliphatic heterocycles. The SMILES string of the molecule is CC(C)c1cc(-c2n[nH]c(=O)n2-c2ccc3c(ccn3CCC3CCN(C4CCN(C(=O)N5C(=O)C(c6cn7c8c(cc(F)cc68)CN(C(=O)N6CCCCC6)CC7)=C(c6cnc7ccccn67)C5=O)CC4)CC3)c2)c(O)cc1O. The summed E-state index contributed by atoms with van der Waals surface area (Å²) in [6.45, 7) is 9.63. The Kier molecular flexibility index (Phi) is 12.9. The Bertz CT molecular complexity index is 3900. The highest BCUT2D eigenvalue weighted by molar-refractivity contribution is 6.52. The van der Waals surface area contributed by atoms with Crippen LogP contribution in [0.2, 0.25) is 0 Å². The number of amides is 6. The third-order valence-electron chi connectivity index (χ3n) is 17.5. The van der Waals surface area contributed by atoms with E-state index in [1.54, 1.807) is 44.8 Å². The molecular weight excluding hydrogens is 1020 g/mol. The number of hydrogen-bond acceptors (Lipinski definition) is 10.